The van der Waals surface area contributed by atoms with Gasteiger partial charge in [-0.3, -0.25) is 9.59 Å². The second kappa shape index (κ2) is 16.0. The summed E-state index contributed by atoms with van der Waals surface area (Å²) in [5.74, 6) is -2.67. The molecule has 0 aromatic heterocycles. The lowest BCUT2D eigenvalue weighted by atomic mass is 9.90. The molecule has 0 bridgehead atoms. The molecular weight excluding hydrogens is 665 g/mol. The molecule has 0 spiro atoms. The van der Waals surface area contributed by atoms with Crippen molar-refractivity contribution in [3.05, 3.63) is 63.9 Å². The number of piperidine rings is 2. The summed E-state index contributed by atoms with van der Waals surface area (Å²) in [6, 6.07) is 12.2. The summed E-state index contributed by atoms with van der Waals surface area (Å²) in [4.78, 5) is 41.2. The zero-order valence-corrected chi connectivity index (χ0v) is 27.3. The molecule has 0 atom stereocenters. The first-order valence-electron chi connectivity index (χ1n) is 15.7. The number of amides is 2. The van der Waals surface area contributed by atoms with Crippen LogP contribution in [0.4, 0.5) is 23.2 Å². The van der Waals surface area contributed by atoms with Crippen molar-refractivity contribution >= 4 is 46.7 Å². The third-order valence-electron chi connectivity index (χ3n) is 8.98. The fourth-order valence-corrected chi connectivity index (χ4v) is 6.31. The van der Waals surface area contributed by atoms with Gasteiger partial charge < -0.3 is 24.9 Å². The fraction of sp³-hybridized carbons (Fsp3) is 0.545. The quantitative estimate of drug-likeness (QED) is 0.302. The molecule has 3 fully saturated rings. The number of rotatable bonds is 9. The molecule has 47 heavy (non-hydrogen) atoms. The van der Waals surface area contributed by atoms with E-state index in [2.05, 4.69) is 4.90 Å². The SMILES string of the molecule is O=C(C1CCN(C(=O)C2(O)CC2)CC1)N(CCCN1CCC(Cc2ccc(F)cc2)CC1)c1ccc(Cl)c(Cl)c1.O=C(O)C(F)(F)F. The molecule has 0 radical (unpaired) electrons. The van der Waals surface area contributed by atoms with Gasteiger partial charge in [-0.1, -0.05) is 35.3 Å². The van der Waals surface area contributed by atoms with Gasteiger partial charge in [-0.2, -0.15) is 13.2 Å². The molecule has 258 valence electrons. The molecule has 2 amide bonds. The van der Waals surface area contributed by atoms with Crippen molar-refractivity contribution in [3.8, 4) is 0 Å². The van der Waals surface area contributed by atoms with Gasteiger partial charge in [0.25, 0.3) is 5.91 Å². The number of nitrogens with zero attached hydrogens (tertiary/aromatic N) is 3. The molecule has 2 aromatic carbocycles. The van der Waals surface area contributed by atoms with Crippen LogP contribution in [0.15, 0.2) is 42.5 Å². The lowest BCUT2D eigenvalue weighted by Crippen LogP contribution is -2.48. The Labute approximate surface area is 281 Å². The number of carboxylic acids is 1. The Balaban J connectivity index is 0.000000644. The van der Waals surface area contributed by atoms with Crippen molar-refractivity contribution in [2.75, 3.05) is 44.2 Å². The summed E-state index contributed by atoms with van der Waals surface area (Å²) < 4.78 is 44.9. The Morgan fingerprint density at radius 3 is 2.04 bits per heavy atom. The van der Waals surface area contributed by atoms with Crippen LogP contribution in [0.1, 0.15) is 50.5 Å². The van der Waals surface area contributed by atoms with E-state index in [0.29, 0.717) is 61.3 Å². The number of hydrogen-bond donors (Lipinski definition) is 2. The summed E-state index contributed by atoms with van der Waals surface area (Å²) in [6.45, 7) is 4.49. The van der Waals surface area contributed by atoms with Gasteiger partial charge in [0.1, 0.15) is 11.4 Å². The highest BCUT2D eigenvalue weighted by Crippen LogP contribution is 2.38. The number of benzene rings is 2. The summed E-state index contributed by atoms with van der Waals surface area (Å²) >= 11 is 12.5. The molecule has 1 aliphatic carbocycles. The van der Waals surface area contributed by atoms with E-state index in [4.69, 9.17) is 33.1 Å². The van der Waals surface area contributed by atoms with Crippen molar-refractivity contribution in [2.45, 2.75) is 63.1 Å². The second-order valence-electron chi connectivity index (χ2n) is 12.5. The average Bonchev–Trinajstić information content (AvgIpc) is 3.80. The molecule has 3 aliphatic rings. The topological polar surface area (TPSA) is 101 Å². The lowest BCUT2D eigenvalue weighted by Gasteiger charge is -2.36. The van der Waals surface area contributed by atoms with Crippen LogP contribution < -0.4 is 4.90 Å². The number of carboxylic acid groups (broad SMARTS) is 1. The second-order valence-corrected chi connectivity index (χ2v) is 13.3. The van der Waals surface area contributed by atoms with Crippen LogP contribution in [0.5, 0.6) is 0 Å². The molecule has 2 aromatic rings. The first kappa shape index (κ1) is 36.9. The van der Waals surface area contributed by atoms with E-state index in [0.717, 1.165) is 51.0 Å². The molecule has 2 aliphatic heterocycles. The van der Waals surface area contributed by atoms with Crippen LogP contribution >= 0.6 is 23.2 Å². The van der Waals surface area contributed by atoms with Gasteiger partial charge in [0.2, 0.25) is 5.91 Å². The Morgan fingerprint density at radius 2 is 1.51 bits per heavy atom. The van der Waals surface area contributed by atoms with Crippen molar-refractivity contribution in [2.24, 2.45) is 11.8 Å². The molecular formula is C33H39Cl2F4N3O5. The number of anilines is 1. The number of aliphatic hydroxyl groups is 1. The smallest absolute Gasteiger partial charge is 0.475 e. The van der Waals surface area contributed by atoms with Crippen molar-refractivity contribution in [1.82, 2.24) is 9.80 Å². The van der Waals surface area contributed by atoms with E-state index in [1.165, 1.54) is 17.7 Å². The zero-order chi connectivity index (χ0) is 34.4. The predicted molar refractivity (Wildman–Crippen MR) is 170 cm³/mol. The van der Waals surface area contributed by atoms with E-state index in [-0.39, 0.29) is 23.5 Å². The highest BCUT2D eigenvalue weighted by molar-refractivity contribution is 6.42. The average molecular weight is 705 g/mol. The third kappa shape index (κ3) is 10.5. The number of carbonyl (C=O) groups is 3. The van der Waals surface area contributed by atoms with Crippen LogP contribution in [-0.4, -0.2) is 88.8 Å². The van der Waals surface area contributed by atoms with E-state index in [1.807, 2.05) is 23.1 Å². The van der Waals surface area contributed by atoms with E-state index < -0.39 is 17.7 Å². The first-order chi connectivity index (χ1) is 22.2. The maximum Gasteiger partial charge on any atom is 0.490 e. The van der Waals surface area contributed by atoms with Crippen molar-refractivity contribution < 1.29 is 42.2 Å². The molecule has 1 saturated carbocycles. The molecule has 14 heteroatoms. The summed E-state index contributed by atoms with van der Waals surface area (Å²) in [7, 11) is 0. The standard InChI is InChI=1S/C31H38Cl2FN3O3.C2HF3O2/c32-27-7-6-26(21-28(27)33)37(29(38)24-10-18-36(19-11-24)30(39)31(40)12-13-31)15-1-14-35-16-8-23(9-17-35)20-22-2-4-25(34)5-3-22;3-2(4,5)1(6)7/h2-7,21,23-24,40H,1,8-20H2;(H,6,7). The van der Waals surface area contributed by atoms with Gasteiger partial charge in [-0.15, -0.1) is 0 Å². The number of likely N-dealkylation sites (tertiary alicyclic amines) is 2. The monoisotopic (exact) mass is 703 g/mol. The van der Waals surface area contributed by atoms with Gasteiger partial charge in [-0.25, -0.2) is 9.18 Å². The number of carbonyl (C=O) groups excluding carboxylic acids is 2. The van der Waals surface area contributed by atoms with Crippen molar-refractivity contribution in [1.29, 1.82) is 0 Å². The third-order valence-corrected chi connectivity index (χ3v) is 9.72. The minimum atomic E-state index is -5.08. The number of halogens is 6. The largest absolute Gasteiger partial charge is 0.490 e. The maximum absolute atomic E-state index is 13.8. The number of hydrogen-bond acceptors (Lipinski definition) is 5. The molecule has 0 unspecified atom stereocenters. The van der Waals surface area contributed by atoms with Crippen LogP contribution in [0.3, 0.4) is 0 Å². The molecule has 5 rings (SSSR count). The van der Waals surface area contributed by atoms with Gasteiger partial charge in [0.15, 0.2) is 0 Å². The highest BCUT2D eigenvalue weighted by Gasteiger charge is 2.50. The predicted octanol–water partition coefficient (Wildman–Crippen LogP) is 6.21. The maximum atomic E-state index is 13.8. The molecule has 2 saturated heterocycles. The minimum absolute atomic E-state index is 0.0497. The van der Waals surface area contributed by atoms with E-state index >= 15 is 0 Å². The van der Waals surface area contributed by atoms with Gasteiger partial charge in [0, 0.05) is 31.2 Å². The highest BCUT2D eigenvalue weighted by atomic mass is 35.5. The summed E-state index contributed by atoms with van der Waals surface area (Å²) in [5, 5.41) is 18.2. The number of alkyl halides is 3. The zero-order valence-electron chi connectivity index (χ0n) is 25.8. The Morgan fingerprint density at radius 1 is 0.915 bits per heavy atom. The first-order valence-corrected chi connectivity index (χ1v) is 16.5. The van der Waals surface area contributed by atoms with Crippen molar-refractivity contribution in [3.63, 3.8) is 0 Å². The lowest BCUT2D eigenvalue weighted by molar-refractivity contribution is -0.192. The minimum Gasteiger partial charge on any atom is -0.475 e. The Bertz CT molecular complexity index is 1390. The van der Waals surface area contributed by atoms with Crippen LogP contribution in [0.25, 0.3) is 0 Å². The molecule has 8 nitrogen and oxygen atoms in total. The van der Waals surface area contributed by atoms with Crippen LogP contribution in [0.2, 0.25) is 10.0 Å². The van der Waals surface area contributed by atoms with Gasteiger partial charge >= 0.3 is 12.1 Å². The van der Waals surface area contributed by atoms with Gasteiger partial charge in [0.05, 0.1) is 10.0 Å². The molecule has 2 N–H and O–H groups in total. The summed E-state index contributed by atoms with van der Waals surface area (Å²) in [6.07, 6.45) is 1.18. The van der Waals surface area contributed by atoms with E-state index in [1.54, 1.807) is 17.0 Å². The van der Waals surface area contributed by atoms with Gasteiger partial charge in [-0.05, 0) is 113 Å². The Hall–Kier alpha value is -2.93. The fourth-order valence-electron chi connectivity index (χ4n) is 6.02. The van der Waals surface area contributed by atoms with Crippen LogP contribution in [-0.2, 0) is 20.8 Å². The normalized spacial score (nSPS) is 18.7. The number of aliphatic carboxylic acids is 1. The van der Waals surface area contributed by atoms with E-state index in [9.17, 15) is 32.3 Å². The Kier molecular flexibility index (Phi) is 12.5. The summed E-state index contributed by atoms with van der Waals surface area (Å²) in [5.41, 5.74) is 0.760. The molecule has 2 heterocycles. The van der Waals surface area contributed by atoms with Crippen LogP contribution in [0, 0.1) is 17.7 Å².